The summed E-state index contributed by atoms with van der Waals surface area (Å²) in [5, 5.41) is 6.49. The molecule has 0 spiro atoms. The Morgan fingerprint density at radius 3 is 3.07 bits per heavy atom. The zero-order chi connectivity index (χ0) is 10.7. The van der Waals surface area contributed by atoms with Crippen LogP contribution in [0.25, 0.3) is 0 Å². The molecule has 78 valence electrons. The molecule has 15 heavy (non-hydrogen) atoms. The molecule has 0 amide bonds. The van der Waals surface area contributed by atoms with E-state index in [1.807, 2.05) is 0 Å². The van der Waals surface area contributed by atoms with Crippen molar-refractivity contribution in [2.45, 2.75) is 13.5 Å². The number of aryl methyl sites for hydroxylation is 1. The zero-order valence-electron chi connectivity index (χ0n) is 8.07. The van der Waals surface area contributed by atoms with E-state index in [4.69, 9.17) is 0 Å². The first-order chi connectivity index (χ1) is 7.27. The minimum atomic E-state index is -0.444. The van der Waals surface area contributed by atoms with Crippen molar-refractivity contribution in [1.29, 1.82) is 0 Å². The fourth-order valence-electron chi connectivity index (χ4n) is 1.08. The summed E-state index contributed by atoms with van der Waals surface area (Å²) in [6.45, 7) is 1.95. The second-order valence-electron chi connectivity index (χ2n) is 2.97. The molecule has 5 nitrogen and oxygen atoms in total. The average Bonchev–Trinajstić information content (AvgIpc) is 2.73. The summed E-state index contributed by atoms with van der Waals surface area (Å²) in [7, 11) is 0. The average molecular weight is 208 g/mol. The van der Waals surface area contributed by atoms with Crippen molar-refractivity contribution >= 4 is 5.82 Å². The lowest BCUT2D eigenvalue weighted by molar-refractivity contribution is 0.412. The molecule has 0 bridgehead atoms. The smallest absolute Gasteiger partial charge is 0.186 e. The van der Waals surface area contributed by atoms with E-state index in [-0.39, 0.29) is 5.82 Å². The fourth-order valence-corrected chi connectivity index (χ4v) is 1.08. The van der Waals surface area contributed by atoms with Gasteiger partial charge in [0.2, 0.25) is 0 Å². The first-order valence-electron chi connectivity index (χ1n) is 4.37. The van der Waals surface area contributed by atoms with E-state index in [1.54, 1.807) is 13.0 Å². The van der Waals surface area contributed by atoms with E-state index in [1.165, 1.54) is 12.6 Å². The quantitative estimate of drug-likeness (QED) is 0.828. The molecule has 6 heteroatoms. The Morgan fingerprint density at radius 2 is 2.33 bits per heavy atom. The molecule has 0 saturated carbocycles. The van der Waals surface area contributed by atoms with Gasteiger partial charge in [-0.3, -0.25) is 0 Å². The van der Waals surface area contributed by atoms with Crippen LogP contribution in [0.15, 0.2) is 23.2 Å². The highest BCUT2D eigenvalue weighted by atomic mass is 19.1. The van der Waals surface area contributed by atoms with Gasteiger partial charge in [-0.1, -0.05) is 5.16 Å². The lowest BCUT2D eigenvalue weighted by Crippen LogP contribution is -2.05. The summed E-state index contributed by atoms with van der Waals surface area (Å²) in [5.74, 6) is -0.272. The highest BCUT2D eigenvalue weighted by Gasteiger charge is 2.07. The van der Waals surface area contributed by atoms with Crippen molar-refractivity contribution in [3.8, 4) is 0 Å². The second-order valence-corrected chi connectivity index (χ2v) is 2.97. The first-order valence-corrected chi connectivity index (χ1v) is 4.37. The van der Waals surface area contributed by atoms with Gasteiger partial charge in [0.1, 0.15) is 18.3 Å². The number of hydrogen-bond acceptors (Lipinski definition) is 5. The topological polar surface area (TPSA) is 63.8 Å². The highest BCUT2D eigenvalue weighted by molar-refractivity contribution is 5.37. The fraction of sp³-hybridized carbons (Fsp3) is 0.222. The van der Waals surface area contributed by atoms with Crippen LogP contribution in [0, 0.1) is 12.7 Å². The van der Waals surface area contributed by atoms with Crippen LogP contribution in [-0.4, -0.2) is 15.1 Å². The monoisotopic (exact) mass is 208 g/mol. The molecule has 2 aromatic heterocycles. The van der Waals surface area contributed by atoms with Crippen LogP contribution in [0.3, 0.4) is 0 Å². The summed E-state index contributed by atoms with van der Waals surface area (Å²) in [5.41, 5.74) is 0.998. The van der Waals surface area contributed by atoms with Crippen LogP contribution in [0.5, 0.6) is 0 Å². The molecule has 0 aliphatic heterocycles. The largest absolute Gasteiger partial charge is 0.364 e. The van der Waals surface area contributed by atoms with Crippen molar-refractivity contribution in [3.63, 3.8) is 0 Å². The van der Waals surface area contributed by atoms with Crippen molar-refractivity contribution in [2.75, 3.05) is 5.32 Å². The van der Waals surface area contributed by atoms with Crippen LogP contribution in [0.4, 0.5) is 10.2 Å². The minimum Gasteiger partial charge on any atom is -0.364 e. The Morgan fingerprint density at radius 1 is 1.47 bits per heavy atom. The van der Waals surface area contributed by atoms with E-state index < -0.39 is 5.82 Å². The predicted molar refractivity (Wildman–Crippen MR) is 50.6 cm³/mol. The molecule has 1 N–H and O–H groups in total. The Hall–Kier alpha value is -1.98. The number of rotatable bonds is 3. The Balaban J connectivity index is 2.08. The van der Waals surface area contributed by atoms with Crippen LogP contribution < -0.4 is 5.32 Å². The maximum Gasteiger partial charge on any atom is 0.186 e. The van der Waals surface area contributed by atoms with Gasteiger partial charge in [-0.25, -0.2) is 14.4 Å². The van der Waals surface area contributed by atoms with E-state index in [0.29, 0.717) is 17.9 Å². The normalized spacial score (nSPS) is 10.3. The molecule has 0 saturated heterocycles. The Bertz CT molecular complexity index is 443. The van der Waals surface area contributed by atoms with Gasteiger partial charge in [-0.2, -0.15) is 0 Å². The van der Waals surface area contributed by atoms with Gasteiger partial charge in [0, 0.05) is 6.07 Å². The maximum atomic E-state index is 13.4. The molecule has 0 unspecified atom stereocenters. The molecule has 0 radical (unpaired) electrons. The minimum absolute atomic E-state index is 0.172. The molecule has 0 aromatic carbocycles. The molecule has 0 aliphatic carbocycles. The lowest BCUT2D eigenvalue weighted by atomic mass is 10.4. The number of aromatic nitrogens is 3. The summed E-state index contributed by atoms with van der Waals surface area (Å²) in [6, 6.07) is 1.69. The Kier molecular flexibility index (Phi) is 2.57. The van der Waals surface area contributed by atoms with Crippen molar-refractivity contribution in [3.05, 3.63) is 35.9 Å². The second kappa shape index (κ2) is 4.04. The van der Waals surface area contributed by atoms with Crippen LogP contribution in [-0.2, 0) is 6.54 Å². The van der Waals surface area contributed by atoms with Gasteiger partial charge in [0.25, 0.3) is 0 Å². The standard InChI is InChI=1S/C9H9FN4O/c1-6-8(10)9(13-5-12-6)11-4-7-2-3-15-14-7/h2-3,5H,4H2,1H3,(H,11,12,13). The van der Waals surface area contributed by atoms with Crippen molar-refractivity contribution in [1.82, 2.24) is 15.1 Å². The Labute approximate surface area is 85.3 Å². The first kappa shape index (κ1) is 9.57. The van der Waals surface area contributed by atoms with E-state index >= 15 is 0 Å². The molecule has 2 aromatic rings. The third kappa shape index (κ3) is 2.09. The molecule has 0 fully saturated rings. The van der Waals surface area contributed by atoms with Crippen LogP contribution in [0.1, 0.15) is 11.4 Å². The number of halogens is 1. The summed E-state index contributed by atoms with van der Waals surface area (Å²) >= 11 is 0. The van der Waals surface area contributed by atoms with Crippen molar-refractivity contribution in [2.24, 2.45) is 0 Å². The third-order valence-electron chi connectivity index (χ3n) is 1.89. The number of nitrogens with zero attached hydrogens (tertiary/aromatic N) is 3. The zero-order valence-corrected chi connectivity index (χ0v) is 8.07. The summed E-state index contributed by atoms with van der Waals surface area (Å²) < 4.78 is 18.0. The molecule has 0 aliphatic rings. The van der Waals surface area contributed by atoms with Gasteiger partial charge < -0.3 is 9.84 Å². The maximum absolute atomic E-state index is 13.4. The summed E-state index contributed by atoms with van der Waals surface area (Å²) in [6.07, 6.45) is 2.77. The van der Waals surface area contributed by atoms with Gasteiger partial charge in [-0.05, 0) is 6.92 Å². The van der Waals surface area contributed by atoms with Gasteiger partial charge >= 0.3 is 0 Å². The number of anilines is 1. The molecule has 2 heterocycles. The molecule has 2 rings (SSSR count). The SMILES string of the molecule is Cc1ncnc(NCc2ccon2)c1F. The van der Waals surface area contributed by atoms with E-state index in [2.05, 4.69) is 25.0 Å². The van der Waals surface area contributed by atoms with Crippen molar-refractivity contribution < 1.29 is 8.91 Å². The van der Waals surface area contributed by atoms with Gasteiger partial charge in [0.05, 0.1) is 12.2 Å². The number of hydrogen-bond donors (Lipinski definition) is 1. The van der Waals surface area contributed by atoms with Gasteiger partial charge in [-0.15, -0.1) is 0 Å². The van der Waals surface area contributed by atoms with Crippen LogP contribution >= 0.6 is 0 Å². The van der Waals surface area contributed by atoms with Gasteiger partial charge in [0.15, 0.2) is 11.6 Å². The molecular weight excluding hydrogens is 199 g/mol. The van der Waals surface area contributed by atoms with E-state index in [0.717, 1.165) is 0 Å². The highest BCUT2D eigenvalue weighted by Crippen LogP contribution is 2.12. The van der Waals surface area contributed by atoms with Crippen LogP contribution in [0.2, 0.25) is 0 Å². The summed E-state index contributed by atoms with van der Waals surface area (Å²) in [4.78, 5) is 7.51. The molecule has 0 atom stereocenters. The molecular formula is C9H9FN4O. The van der Waals surface area contributed by atoms with E-state index in [9.17, 15) is 4.39 Å². The number of nitrogens with one attached hydrogen (secondary N) is 1. The lowest BCUT2D eigenvalue weighted by Gasteiger charge is -2.04. The predicted octanol–water partition coefficient (Wildman–Crippen LogP) is 1.52. The third-order valence-corrected chi connectivity index (χ3v) is 1.89.